The first-order chi connectivity index (χ1) is 18.1. The molecule has 38 heavy (non-hydrogen) atoms. The summed E-state index contributed by atoms with van der Waals surface area (Å²) in [6.45, 7) is 2.59. The molecular weight excluding hydrogens is 492 g/mol. The molecule has 2 aromatic heterocycles. The largest absolute Gasteiger partial charge is 0.344 e. The lowest BCUT2D eigenvalue weighted by Crippen LogP contribution is -2.36. The number of hydrogen-bond donors (Lipinski definition) is 4. The van der Waals surface area contributed by atoms with Crippen LogP contribution in [0.2, 0.25) is 0 Å². The maximum absolute atomic E-state index is 12.1. The van der Waals surface area contributed by atoms with E-state index >= 15 is 0 Å². The number of carbonyl (C=O) groups is 2. The number of hydrogen-bond acceptors (Lipinski definition) is 6. The molecule has 0 fully saturated rings. The van der Waals surface area contributed by atoms with Gasteiger partial charge in [-0.2, -0.15) is 0 Å². The minimum absolute atomic E-state index is 0.0251. The minimum atomic E-state index is -0.675. The number of amides is 2. The van der Waals surface area contributed by atoms with Gasteiger partial charge < -0.3 is 10.6 Å². The van der Waals surface area contributed by atoms with Crippen molar-refractivity contribution in [3.05, 3.63) is 101 Å². The van der Waals surface area contributed by atoms with Crippen molar-refractivity contribution in [1.82, 2.24) is 29.7 Å². The van der Waals surface area contributed by atoms with Crippen molar-refractivity contribution in [3.8, 4) is 23.7 Å². The Bertz CT molecular complexity index is 1610. The van der Waals surface area contributed by atoms with Gasteiger partial charge in [-0.3, -0.25) is 38.3 Å². The van der Waals surface area contributed by atoms with Gasteiger partial charge in [-0.15, -0.1) is 0 Å². The number of rotatable bonds is 6. The Kier molecular flexibility index (Phi) is 9.00. The molecule has 0 radical (unpaired) electrons. The zero-order chi connectivity index (χ0) is 27.7. The summed E-state index contributed by atoms with van der Waals surface area (Å²) in [7, 11) is 0. The third-order valence-electron chi connectivity index (χ3n) is 5.13. The van der Waals surface area contributed by atoms with Crippen LogP contribution in [0, 0.1) is 37.5 Å². The molecule has 12 nitrogen and oxygen atoms in total. The molecule has 0 saturated heterocycles. The standard InChI is InChI=1S/C26H24N6O6/c1-17-13-31(25(37)29-23(17)35)15-21(33)27-11-5-9-19-7-3-4-8-20(19)10-6-12-28-22(34)16-32-14-18(2)24(36)30-26(32)38/h3-4,7-8,13-14H,11-12,15-16H2,1-2H3,(H,27,33)(H,28,34)(H,29,35,37)(H,30,36,38). The van der Waals surface area contributed by atoms with Crippen LogP contribution in [-0.4, -0.2) is 44.0 Å². The van der Waals surface area contributed by atoms with Crippen molar-refractivity contribution in [2.24, 2.45) is 0 Å². The van der Waals surface area contributed by atoms with Crippen LogP contribution in [-0.2, 0) is 22.7 Å². The van der Waals surface area contributed by atoms with Gasteiger partial charge in [-0.25, -0.2) is 9.59 Å². The van der Waals surface area contributed by atoms with E-state index in [1.165, 1.54) is 26.2 Å². The molecule has 0 atom stereocenters. The molecule has 4 N–H and O–H groups in total. The molecular formula is C26H24N6O6. The molecule has 0 unspecified atom stereocenters. The van der Waals surface area contributed by atoms with Crippen LogP contribution in [0.5, 0.6) is 0 Å². The van der Waals surface area contributed by atoms with Gasteiger partial charge in [-0.1, -0.05) is 35.8 Å². The van der Waals surface area contributed by atoms with Gasteiger partial charge in [0.1, 0.15) is 13.1 Å². The molecule has 0 aliphatic rings. The smallest absolute Gasteiger partial charge is 0.328 e. The molecule has 194 valence electrons. The van der Waals surface area contributed by atoms with Gasteiger partial charge in [-0.05, 0) is 26.0 Å². The lowest BCUT2D eigenvalue weighted by atomic mass is 10.1. The van der Waals surface area contributed by atoms with E-state index in [0.29, 0.717) is 22.3 Å². The molecule has 3 rings (SSSR count). The molecule has 0 aliphatic heterocycles. The topological polar surface area (TPSA) is 168 Å². The van der Waals surface area contributed by atoms with Crippen LogP contribution in [0.4, 0.5) is 0 Å². The van der Waals surface area contributed by atoms with Crippen molar-refractivity contribution >= 4 is 11.8 Å². The van der Waals surface area contributed by atoms with Crippen molar-refractivity contribution < 1.29 is 9.59 Å². The van der Waals surface area contributed by atoms with Gasteiger partial charge in [0.15, 0.2) is 0 Å². The molecule has 12 heteroatoms. The number of nitrogens with zero attached hydrogens (tertiary/aromatic N) is 2. The number of aryl methyl sites for hydroxylation is 2. The Morgan fingerprint density at radius 3 is 1.53 bits per heavy atom. The summed E-state index contributed by atoms with van der Waals surface area (Å²) < 4.78 is 2.20. The quantitative estimate of drug-likeness (QED) is 0.286. The molecule has 2 heterocycles. The highest BCUT2D eigenvalue weighted by Gasteiger charge is 2.07. The highest BCUT2D eigenvalue weighted by Crippen LogP contribution is 2.05. The van der Waals surface area contributed by atoms with Crippen LogP contribution in [0.1, 0.15) is 22.3 Å². The summed E-state index contributed by atoms with van der Waals surface area (Å²) in [6, 6.07) is 7.07. The fourth-order valence-corrected chi connectivity index (χ4v) is 3.16. The Hall–Kier alpha value is -5.36. The Labute approximate surface area is 215 Å². The normalized spacial score (nSPS) is 9.95. The van der Waals surface area contributed by atoms with E-state index in [0.717, 1.165) is 9.13 Å². The zero-order valence-electron chi connectivity index (χ0n) is 20.6. The van der Waals surface area contributed by atoms with Gasteiger partial charge >= 0.3 is 11.4 Å². The van der Waals surface area contributed by atoms with Gasteiger partial charge in [0.2, 0.25) is 11.8 Å². The molecule has 2 amide bonds. The molecule has 0 aliphatic carbocycles. The van der Waals surface area contributed by atoms with Crippen LogP contribution in [0.15, 0.2) is 55.8 Å². The maximum atomic E-state index is 12.1. The fraction of sp³-hybridized carbons (Fsp3) is 0.231. The number of carbonyl (C=O) groups excluding carboxylic acids is 2. The van der Waals surface area contributed by atoms with Crippen molar-refractivity contribution in [3.63, 3.8) is 0 Å². The van der Waals surface area contributed by atoms with Crippen LogP contribution >= 0.6 is 0 Å². The van der Waals surface area contributed by atoms with E-state index in [1.807, 2.05) is 0 Å². The number of benzene rings is 1. The average molecular weight is 517 g/mol. The van der Waals surface area contributed by atoms with Crippen LogP contribution in [0.3, 0.4) is 0 Å². The Morgan fingerprint density at radius 1 is 0.737 bits per heavy atom. The predicted octanol–water partition coefficient (Wildman–Crippen LogP) is -1.66. The second kappa shape index (κ2) is 12.6. The fourth-order valence-electron chi connectivity index (χ4n) is 3.16. The highest BCUT2D eigenvalue weighted by molar-refractivity contribution is 5.76. The highest BCUT2D eigenvalue weighted by atomic mass is 16.2. The van der Waals surface area contributed by atoms with Crippen molar-refractivity contribution in [1.29, 1.82) is 0 Å². The van der Waals surface area contributed by atoms with E-state index < -0.39 is 34.3 Å². The molecule has 0 spiro atoms. The number of aromatic amines is 2. The minimum Gasteiger partial charge on any atom is -0.344 e. The lowest BCUT2D eigenvalue weighted by Gasteiger charge is -2.05. The van der Waals surface area contributed by atoms with E-state index in [2.05, 4.69) is 44.3 Å². The van der Waals surface area contributed by atoms with Crippen molar-refractivity contribution in [2.45, 2.75) is 26.9 Å². The second-order valence-electron chi connectivity index (χ2n) is 8.10. The first-order valence-corrected chi connectivity index (χ1v) is 11.3. The Balaban J connectivity index is 1.54. The number of H-pyrrole nitrogens is 2. The first kappa shape index (κ1) is 27.2. The van der Waals surface area contributed by atoms with E-state index in [4.69, 9.17) is 0 Å². The summed E-state index contributed by atoms with van der Waals surface area (Å²) in [5, 5.41) is 5.17. The molecule has 1 aromatic carbocycles. The summed E-state index contributed by atoms with van der Waals surface area (Å²) in [6.07, 6.45) is 2.63. The van der Waals surface area contributed by atoms with Crippen LogP contribution < -0.4 is 33.1 Å². The van der Waals surface area contributed by atoms with E-state index in [-0.39, 0.29) is 26.2 Å². The summed E-state index contributed by atoms with van der Waals surface area (Å²) in [5.74, 6) is 10.6. The molecule has 0 saturated carbocycles. The second-order valence-corrected chi connectivity index (χ2v) is 8.10. The van der Waals surface area contributed by atoms with E-state index in [1.54, 1.807) is 24.3 Å². The first-order valence-electron chi connectivity index (χ1n) is 11.3. The van der Waals surface area contributed by atoms with Gasteiger partial charge in [0.05, 0.1) is 13.1 Å². The van der Waals surface area contributed by atoms with Crippen LogP contribution in [0.25, 0.3) is 0 Å². The average Bonchev–Trinajstić information content (AvgIpc) is 2.87. The maximum Gasteiger partial charge on any atom is 0.328 e. The third kappa shape index (κ3) is 7.57. The monoisotopic (exact) mass is 516 g/mol. The van der Waals surface area contributed by atoms with Crippen molar-refractivity contribution in [2.75, 3.05) is 13.1 Å². The third-order valence-corrected chi connectivity index (χ3v) is 5.13. The van der Waals surface area contributed by atoms with Gasteiger partial charge in [0.25, 0.3) is 11.1 Å². The summed E-state index contributed by atoms with van der Waals surface area (Å²) >= 11 is 0. The molecule has 0 bridgehead atoms. The predicted molar refractivity (Wildman–Crippen MR) is 138 cm³/mol. The zero-order valence-corrected chi connectivity index (χ0v) is 20.6. The Morgan fingerprint density at radius 2 is 1.13 bits per heavy atom. The van der Waals surface area contributed by atoms with E-state index in [9.17, 15) is 28.8 Å². The molecule has 3 aromatic rings. The number of nitrogens with one attached hydrogen (secondary N) is 4. The van der Waals surface area contributed by atoms with Gasteiger partial charge in [0, 0.05) is 34.6 Å². The lowest BCUT2D eigenvalue weighted by molar-refractivity contribution is -0.122. The number of aromatic nitrogens is 4. The SMILES string of the molecule is Cc1cn(CC(=O)NCC#Cc2ccccc2C#CCNC(=O)Cn2cc(C)c(=O)[nH]c2=O)c(=O)[nH]c1=O. The summed E-state index contributed by atoms with van der Waals surface area (Å²) in [4.78, 5) is 74.9. The summed E-state index contributed by atoms with van der Waals surface area (Å²) in [5.41, 5.74) is -0.495.